The van der Waals surface area contributed by atoms with Gasteiger partial charge in [-0.05, 0) is 36.6 Å². The highest BCUT2D eigenvalue weighted by Crippen LogP contribution is 2.30. The summed E-state index contributed by atoms with van der Waals surface area (Å²) in [5, 5.41) is 11.8. The van der Waals surface area contributed by atoms with Crippen LogP contribution in [0.15, 0.2) is 54.6 Å². The molecule has 9 heteroatoms. The van der Waals surface area contributed by atoms with Crippen molar-refractivity contribution in [1.29, 1.82) is 0 Å². The van der Waals surface area contributed by atoms with Crippen molar-refractivity contribution in [2.24, 2.45) is 0 Å². The van der Waals surface area contributed by atoms with E-state index in [4.69, 9.17) is 10.5 Å². The molecule has 0 unspecified atom stereocenters. The second-order valence-electron chi connectivity index (χ2n) is 9.50. The minimum absolute atomic E-state index is 0.207. The Kier molecular flexibility index (Phi) is 8.79. The molecule has 1 saturated carbocycles. The molecule has 9 nitrogen and oxygen atoms in total. The zero-order valence-corrected chi connectivity index (χ0v) is 20.9. The first-order valence-electron chi connectivity index (χ1n) is 12.8. The molecule has 1 fully saturated rings. The van der Waals surface area contributed by atoms with Crippen molar-refractivity contribution in [1.82, 2.24) is 21.3 Å². The van der Waals surface area contributed by atoms with Crippen LogP contribution < -0.4 is 31.7 Å². The lowest BCUT2D eigenvalue weighted by Crippen LogP contribution is -2.58. The molecule has 0 saturated heterocycles. The van der Waals surface area contributed by atoms with Gasteiger partial charge in [0.2, 0.25) is 17.7 Å². The normalized spacial score (nSPS) is 21.9. The van der Waals surface area contributed by atoms with E-state index >= 15 is 0 Å². The van der Waals surface area contributed by atoms with E-state index in [1.54, 1.807) is 12.1 Å². The second-order valence-corrected chi connectivity index (χ2v) is 9.50. The van der Waals surface area contributed by atoms with Gasteiger partial charge in [-0.15, -0.1) is 0 Å². The highest BCUT2D eigenvalue weighted by atomic mass is 16.5. The van der Waals surface area contributed by atoms with Gasteiger partial charge in [-0.3, -0.25) is 19.7 Å². The molecule has 2 aliphatic rings. The maximum atomic E-state index is 13.2. The van der Waals surface area contributed by atoms with Crippen LogP contribution in [0.1, 0.15) is 36.8 Å². The van der Waals surface area contributed by atoms with Crippen LogP contribution in [0.2, 0.25) is 0 Å². The van der Waals surface area contributed by atoms with Crippen LogP contribution in [-0.4, -0.2) is 55.5 Å². The van der Waals surface area contributed by atoms with Gasteiger partial charge in [-0.1, -0.05) is 55.3 Å². The van der Waals surface area contributed by atoms with E-state index in [-0.39, 0.29) is 31.3 Å². The minimum Gasteiger partial charge on any atom is -0.492 e. The predicted molar refractivity (Wildman–Crippen MR) is 143 cm³/mol. The van der Waals surface area contributed by atoms with Gasteiger partial charge < -0.3 is 26.4 Å². The number of carbonyl (C=O) groups excluding carboxylic acids is 3. The van der Waals surface area contributed by atoms with Crippen LogP contribution >= 0.6 is 0 Å². The Morgan fingerprint density at radius 2 is 1.81 bits per heavy atom. The van der Waals surface area contributed by atoms with Gasteiger partial charge in [0.05, 0.1) is 12.1 Å². The molecule has 0 radical (unpaired) electrons. The molecule has 0 bridgehead atoms. The standard InChI is InChI=1S/C28H35N5O4/c29-22-10-5-7-20(17-22)18-23-26(35)30-14-6-9-21-8-1-2-11-24(21)37-16-15-32-28(12-3-4-13-28)27(36)31-19-25(34)33-23/h1-2,5-11,17,23,32H,3-4,12-16,18-19,29H2,(H,30,35)(H,31,36)(H,33,34)/b9-6+/t23-/m1/s1. The van der Waals surface area contributed by atoms with Crippen LogP contribution in [0.3, 0.4) is 0 Å². The Bertz CT molecular complexity index is 1140. The maximum Gasteiger partial charge on any atom is 0.243 e. The summed E-state index contributed by atoms with van der Waals surface area (Å²) in [6.07, 6.45) is 7.26. The van der Waals surface area contributed by atoms with Gasteiger partial charge in [0, 0.05) is 30.8 Å². The van der Waals surface area contributed by atoms with Crippen molar-refractivity contribution >= 4 is 29.5 Å². The van der Waals surface area contributed by atoms with Gasteiger partial charge in [-0.2, -0.15) is 0 Å². The van der Waals surface area contributed by atoms with E-state index in [1.165, 1.54) is 0 Å². The van der Waals surface area contributed by atoms with Crippen LogP contribution in [0.5, 0.6) is 5.75 Å². The third-order valence-corrected chi connectivity index (χ3v) is 6.78. The number of ether oxygens (including phenoxy) is 1. The molecule has 3 amide bonds. The monoisotopic (exact) mass is 505 g/mol. The molecule has 2 aromatic rings. The summed E-state index contributed by atoms with van der Waals surface area (Å²) in [5.41, 5.74) is 7.46. The average Bonchev–Trinajstić information content (AvgIpc) is 3.37. The SMILES string of the molecule is Nc1cccc(C[C@H]2NC(=O)CNC(=O)C3(CCCC3)NCCOc3ccccc3/C=C/CNC2=O)c1. The molecule has 0 aromatic heterocycles. The number of para-hydroxylation sites is 1. The number of benzene rings is 2. The fourth-order valence-corrected chi connectivity index (χ4v) is 4.87. The quantitative estimate of drug-likeness (QED) is 0.393. The van der Waals surface area contributed by atoms with Crippen LogP contribution in [0.25, 0.3) is 6.08 Å². The molecule has 2 aromatic carbocycles. The summed E-state index contributed by atoms with van der Waals surface area (Å²) in [7, 11) is 0. The van der Waals surface area contributed by atoms with Gasteiger partial charge in [0.15, 0.2) is 0 Å². The second kappa shape index (κ2) is 12.4. The number of carbonyl (C=O) groups is 3. The van der Waals surface area contributed by atoms with Gasteiger partial charge in [0.1, 0.15) is 18.4 Å². The van der Waals surface area contributed by atoms with E-state index in [0.29, 0.717) is 31.7 Å². The van der Waals surface area contributed by atoms with Crippen LogP contribution in [0, 0.1) is 0 Å². The van der Waals surface area contributed by atoms with Gasteiger partial charge >= 0.3 is 0 Å². The number of nitrogen functional groups attached to an aromatic ring is 1. The fraction of sp³-hybridized carbons (Fsp3) is 0.393. The zero-order valence-electron chi connectivity index (χ0n) is 20.9. The molecule has 1 atom stereocenters. The van der Waals surface area contributed by atoms with Crippen molar-refractivity contribution in [3.63, 3.8) is 0 Å². The van der Waals surface area contributed by atoms with Gasteiger partial charge in [0.25, 0.3) is 0 Å². The Hall–Kier alpha value is -3.85. The Labute approximate surface area is 217 Å². The number of fused-ring (bicyclic) bond motifs is 1. The fourth-order valence-electron chi connectivity index (χ4n) is 4.87. The van der Waals surface area contributed by atoms with Gasteiger partial charge in [-0.25, -0.2) is 0 Å². The number of rotatable bonds is 2. The number of amides is 3. The largest absolute Gasteiger partial charge is 0.492 e. The molecule has 6 N–H and O–H groups in total. The van der Waals surface area contributed by atoms with E-state index in [2.05, 4.69) is 21.3 Å². The summed E-state index contributed by atoms with van der Waals surface area (Å²) >= 11 is 0. The Balaban J connectivity index is 1.54. The lowest BCUT2D eigenvalue weighted by molar-refractivity contribution is -0.131. The molecule has 196 valence electrons. The van der Waals surface area contributed by atoms with E-state index in [9.17, 15) is 14.4 Å². The number of nitrogens with one attached hydrogen (secondary N) is 4. The summed E-state index contributed by atoms with van der Waals surface area (Å²) in [6.45, 7) is 0.947. The van der Waals surface area contributed by atoms with E-state index in [1.807, 2.05) is 48.6 Å². The van der Waals surface area contributed by atoms with Crippen LogP contribution in [0.4, 0.5) is 5.69 Å². The zero-order chi connectivity index (χ0) is 26.1. The topological polar surface area (TPSA) is 135 Å². The third kappa shape index (κ3) is 7.10. The first-order chi connectivity index (χ1) is 17.9. The highest BCUT2D eigenvalue weighted by Gasteiger charge is 2.40. The molecule has 1 aliphatic carbocycles. The van der Waals surface area contributed by atoms with E-state index < -0.39 is 17.5 Å². The minimum atomic E-state index is -0.826. The first kappa shape index (κ1) is 26.2. The summed E-state index contributed by atoms with van der Waals surface area (Å²) < 4.78 is 6.00. The number of anilines is 1. The molecular weight excluding hydrogens is 470 g/mol. The summed E-state index contributed by atoms with van der Waals surface area (Å²) in [4.78, 5) is 39.0. The Morgan fingerprint density at radius 1 is 1.00 bits per heavy atom. The molecule has 4 rings (SSSR count). The lowest BCUT2D eigenvalue weighted by atomic mass is 9.96. The maximum absolute atomic E-state index is 13.2. The first-order valence-corrected chi connectivity index (χ1v) is 12.8. The number of hydrogen-bond acceptors (Lipinski definition) is 6. The molecule has 1 spiro atoms. The van der Waals surface area contributed by atoms with E-state index in [0.717, 1.165) is 29.7 Å². The smallest absolute Gasteiger partial charge is 0.243 e. The van der Waals surface area contributed by atoms with Crippen molar-refractivity contribution in [3.05, 3.63) is 65.7 Å². The number of hydrogen-bond donors (Lipinski definition) is 5. The van der Waals surface area contributed by atoms with Crippen LogP contribution in [-0.2, 0) is 20.8 Å². The highest BCUT2D eigenvalue weighted by molar-refractivity contribution is 5.92. The Morgan fingerprint density at radius 3 is 2.62 bits per heavy atom. The number of nitrogens with two attached hydrogens (primary N) is 1. The summed E-state index contributed by atoms with van der Waals surface area (Å²) in [5.74, 6) is -0.239. The van der Waals surface area contributed by atoms with Crippen molar-refractivity contribution < 1.29 is 19.1 Å². The average molecular weight is 506 g/mol. The third-order valence-electron chi connectivity index (χ3n) is 6.78. The van der Waals surface area contributed by atoms with Crippen molar-refractivity contribution in [3.8, 4) is 5.75 Å². The molecule has 1 heterocycles. The molecule has 1 aliphatic heterocycles. The summed E-state index contributed by atoms with van der Waals surface area (Å²) in [6, 6.07) is 14.0. The van der Waals surface area contributed by atoms with Crippen molar-refractivity contribution in [2.45, 2.75) is 43.7 Å². The predicted octanol–water partition coefficient (Wildman–Crippen LogP) is 1.54. The van der Waals surface area contributed by atoms with Crippen molar-refractivity contribution in [2.75, 3.05) is 32.0 Å². The molecule has 37 heavy (non-hydrogen) atoms. The molecular formula is C28H35N5O4. The lowest BCUT2D eigenvalue weighted by Gasteiger charge is -2.29.